The Morgan fingerprint density at radius 3 is 2.00 bits per heavy atom. The van der Waals surface area contributed by atoms with Gasteiger partial charge in [0, 0.05) is 82.5 Å². The Bertz CT molecular complexity index is 4600. The maximum atomic E-state index is 18.0. The number of β-amino-alcohol motifs (C(OH)–C–C–N with tert-alkyl or cyclic N) is 1. The van der Waals surface area contributed by atoms with E-state index in [9.17, 15) is 15.3 Å². The van der Waals surface area contributed by atoms with Crippen LogP contribution in [0.25, 0.3) is 76.7 Å². The molecule has 1 aliphatic carbocycles. The SMILES string of the molecule is C#Cc1c(F)ccc2cc(O)cc(-c3ccc4c(N5CCCOCC5)nc(OCC56CCCN5Cc5c(-c7cc8cc(O)cc(-c9ccc%10c(N%11CCOCC(C)(O)C%11)nc(OCC%11%12CCCC%11N(C)CCC%12)nc%10c9F)c8c(C#C)c7F)cccc56)nc4c3F)c12. The first-order valence-corrected chi connectivity index (χ1v) is 31.7. The van der Waals surface area contributed by atoms with Gasteiger partial charge in [-0.25, -0.2) is 17.6 Å². The van der Waals surface area contributed by atoms with Gasteiger partial charge >= 0.3 is 12.0 Å². The molecule has 9 aromatic rings. The second-order valence-electron chi connectivity index (χ2n) is 26.1. The van der Waals surface area contributed by atoms with Crippen molar-refractivity contribution in [2.45, 2.75) is 82.0 Å². The number of halogens is 4. The standard InChI is InChI=1S/C73H68F4N8O7/c1-5-46-58(74)20-15-42-32-44(86)35-53(60(42)46)49-16-18-51-65(63(49)76)79-70(80-67(51)83-25-11-29-89-30-27-83)92-41-73-23-10-26-85(73)37-56-48(12-7-13-57(56)73)55-34-43-33-45(87)36-54(61(43)47(6-2)62(55)75)50-17-19-52-66(64(50)77)78-69(81-68(52)84-28-31-90-39-71(3,88)38-84)91-40-72-21-8-14-59(72)82(4)24-9-22-72/h1-2,7,12-13,15-20,32-36,59,86-88H,8-11,14,21-31,37-41H2,3-4H3. The number of rotatable bonds is 11. The number of phenols is 2. The topological polar surface area (TPSA) is 162 Å². The van der Waals surface area contributed by atoms with E-state index in [1.807, 2.05) is 28.0 Å². The fourth-order valence-electron chi connectivity index (χ4n) is 16.2. The van der Waals surface area contributed by atoms with Crippen LogP contribution in [0, 0.1) is 53.4 Å². The second-order valence-corrected chi connectivity index (χ2v) is 26.1. The number of aromatic nitrogens is 4. The fraction of sp³-hybridized carbons (Fsp3) is 0.370. The Balaban J connectivity index is 0.801. The Hall–Kier alpha value is -8.82. The summed E-state index contributed by atoms with van der Waals surface area (Å²) in [5.41, 5.74) is 0.466. The van der Waals surface area contributed by atoms with Gasteiger partial charge in [0.05, 0.1) is 49.6 Å². The molecule has 15 nitrogen and oxygen atoms in total. The molecule has 19 heteroatoms. The van der Waals surface area contributed by atoms with Gasteiger partial charge in [-0.05, 0) is 159 Å². The quantitative estimate of drug-likeness (QED) is 0.0828. The second kappa shape index (κ2) is 23.1. The molecule has 5 aliphatic heterocycles. The van der Waals surface area contributed by atoms with Crippen molar-refractivity contribution in [2.24, 2.45) is 5.41 Å². The number of benzene rings is 7. The molecule has 2 aromatic heterocycles. The minimum absolute atomic E-state index is 0.00656. The van der Waals surface area contributed by atoms with Gasteiger partial charge in [-0.2, -0.15) is 19.9 Å². The highest BCUT2D eigenvalue weighted by atomic mass is 19.1. The molecule has 5 fully saturated rings. The number of nitrogens with zero attached hydrogens (tertiary/aromatic N) is 8. The summed E-state index contributed by atoms with van der Waals surface area (Å²) in [6.07, 6.45) is 19.5. The third-order valence-electron chi connectivity index (χ3n) is 20.3. The van der Waals surface area contributed by atoms with Crippen molar-refractivity contribution < 1.29 is 51.8 Å². The first-order valence-electron chi connectivity index (χ1n) is 31.7. The molecule has 0 amide bonds. The summed E-state index contributed by atoms with van der Waals surface area (Å²) < 4.78 is 93.9. The zero-order valence-corrected chi connectivity index (χ0v) is 51.2. The lowest BCUT2D eigenvalue weighted by atomic mass is 9.76. The Kier molecular flexibility index (Phi) is 14.9. The third-order valence-corrected chi connectivity index (χ3v) is 20.3. The predicted molar refractivity (Wildman–Crippen MR) is 345 cm³/mol. The summed E-state index contributed by atoms with van der Waals surface area (Å²) >= 11 is 0. The summed E-state index contributed by atoms with van der Waals surface area (Å²) in [4.78, 5) is 28.1. The summed E-state index contributed by atoms with van der Waals surface area (Å²) in [6.45, 7) is 7.05. The summed E-state index contributed by atoms with van der Waals surface area (Å²) in [5.74, 6) is 2.62. The maximum Gasteiger partial charge on any atom is 0.319 e. The van der Waals surface area contributed by atoms with Crippen LogP contribution in [0.1, 0.15) is 80.5 Å². The molecular weight excluding hydrogens is 1180 g/mol. The van der Waals surface area contributed by atoms with Crippen LogP contribution in [0.15, 0.2) is 84.9 Å². The van der Waals surface area contributed by atoms with Crippen molar-refractivity contribution in [2.75, 3.05) is 95.8 Å². The number of likely N-dealkylation sites (tertiary alicyclic amines) is 1. The first-order chi connectivity index (χ1) is 44.6. The van der Waals surface area contributed by atoms with Crippen LogP contribution in [0.3, 0.4) is 0 Å². The minimum atomic E-state index is -1.25. The summed E-state index contributed by atoms with van der Waals surface area (Å²) in [6, 6.07) is 22.6. The average molecular weight is 1250 g/mol. The van der Waals surface area contributed by atoms with Crippen molar-refractivity contribution in [3.8, 4) is 81.6 Å². The monoisotopic (exact) mass is 1240 g/mol. The number of aliphatic hydroxyl groups is 1. The third kappa shape index (κ3) is 9.94. The van der Waals surface area contributed by atoms with E-state index in [-0.39, 0.29) is 109 Å². The molecule has 92 heavy (non-hydrogen) atoms. The molecule has 1 saturated carbocycles. The van der Waals surface area contributed by atoms with Crippen LogP contribution in [0.5, 0.6) is 23.5 Å². The zero-order chi connectivity index (χ0) is 63.4. The molecule has 6 aliphatic rings. The van der Waals surface area contributed by atoms with Crippen molar-refractivity contribution >= 4 is 55.0 Å². The molecule has 4 atom stereocenters. The number of hydrogen-bond donors (Lipinski definition) is 3. The van der Waals surface area contributed by atoms with E-state index < -0.39 is 34.4 Å². The number of anilines is 2. The molecule has 4 saturated heterocycles. The Morgan fingerprint density at radius 1 is 0.620 bits per heavy atom. The van der Waals surface area contributed by atoms with Gasteiger partial charge in [-0.3, -0.25) is 4.90 Å². The highest BCUT2D eigenvalue weighted by Crippen LogP contribution is 2.52. The normalized spacial score (nSPS) is 22.7. The van der Waals surface area contributed by atoms with Crippen molar-refractivity contribution in [3.05, 3.63) is 130 Å². The number of piperidine rings is 1. The van der Waals surface area contributed by atoms with Gasteiger partial charge in [-0.15, -0.1) is 12.8 Å². The lowest BCUT2D eigenvalue weighted by molar-refractivity contribution is -0.0123. The van der Waals surface area contributed by atoms with E-state index >= 15 is 17.6 Å². The molecule has 15 rings (SSSR count). The molecule has 470 valence electrons. The molecular formula is C73H68F4N8O7. The lowest BCUT2D eigenvalue weighted by Crippen LogP contribution is -2.50. The number of hydrogen-bond acceptors (Lipinski definition) is 15. The van der Waals surface area contributed by atoms with E-state index in [0.29, 0.717) is 117 Å². The number of ether oxygens (including phenoxy) is 4. The van der Waals surface area contributed by atoms with Gasteiger partial charge in [0.1, 0.15) is 58.0 Å². The maximum absolute atomic E-state index is 18.0. The van der Waals surface area contributed by atoms with Crippen molar-refractivity contribution in [1.82, 2.24) is 29.7 Å². The van der Waals surface area contributed by atoms with Crippen molar-refractivity contribution in [1.29, 1.82) is 0 Å². The molecule has 7 heterocycles. The number of phenolic OH excluding ortho intramolecular Hbond substituents is 2. The Morgan fingerprint density at radius 2 is 1.27 bits per heavy atom. The van der Waals surface area contributed by atoms with E-state index in [1.165, 1.54) is 36.4 Å². The molecule has 4 unspecified atom stereocenters. The largest absolute Gasteiger partial charge is 0.508 e. The number of terminal acetylenes is 2. The van der Waals surface area contributed by atoms with Gasteiger partial charge in [0.25, 0.3) is 0 Å². The van der Waals surface area contributed by atoms with Gasteiger partial charge in [0.15, 0.2) is 11.6 Å². The minimum Gasteiger partial charge on any atom is -0.508 e. The van der Waals surface area contributed by atoms with Crippen LogP contribution in [0.2, 0.25) is 0 Å². The molecule has 3 N–H and O–H groups in total. The van der Waals surface area contributed by atoms with Gasteiger partial charge in [0.2, 0.25) is 0 Å². The molecule has 0 spiro atoms. The molecule has 0 radical (unpaired) electrons. The van der Waals surface area contributed by atoms with Crippen LogP contribution in [-0.4, -0.2) is 143 Å². The Labute approximate surface area is 529 Å². The smallest absolute Gasteiger partial charge is 0.319 e. The number of aromatic hydroxyl groups is 2. The van der Waals surface area contributed by atoms with E-state index in [1.54, 1.807) is 37.3 Å². The highest BCUT2D eigenvalue weighted by Gasteiger charge is 2.51. The van der Waals surface area contributed by atoms with Crippen LogP contribution >= 0.6 is 0 Å². The van der Waals surface area contributed by atoms with E-state index in [4.69, 9.17) is 51.7 Å². The highest BCUT2D eigenvalue weighted by molar-refractivity contribution is 6.07. The van der Waals surface area contributed by atoms with Crippen molar-refractivity contribution in [3.63, 3.8) is 0 Å². The molecule has 7 aromatic carbocycles. The van der Waals surface area contributed by atoms with E-state index in [0.717, 1.165) is 56.2 Å². The molecule has 0 bridgehead atoms. The number of fused-ring (bicyclic) bond motifs is 8. The van der Waals surface area contributed by atoms with Gasteiger partial charge in [-0.1, -0.05) is 54.7 Å². The van der Waals surface area contributed by atoms with Crippen LogP contribution < -0.4 is 19.3 Å². The lowest BCUT2D eigenvalue weighted by Gasteiger charge is -2.44. The van der Waals surface area contributed by atoms with Crippen LogP contribution in [0.4, 0.5) is 29.2 Å². The predicted octanol–water partition coefficient (Wildman–Crippen LogP) is 12.2. The average Bonchev–Trinajstić information content (AvgIpc) is 1.41. The summed E-state index contributed by atoms with van der Waals surface area (Å²) in [7, 11) is 2.16. The zero-order valence-electron chi connectivity index (χ0n) is 51.2. The van der Waals surface area contributed by atoms with Gasteiger partial charge < -0.3 is 49.0 Å². The first kappa shape index (κ1) is 59.5. The fourth-order valence-corrected chi connectivity index (χ4v) is 16.2. The van der Waals surface area contributed by atoms with Crippen LogP contribution in [-0.2, 0) is 21.6 Å². The summed E-state index contributed by atoms with van der Waals surface area (Å²) in [5, 5.41) is 35.9. The van der Waals surface area contributed by atoms with E-state index in [2.05, 4.69) is 28.7 Å².